The molecule has 1 atom stereocenters. The third kappa shape index (κ3) is 62.4. The summed E-state index contributed by atoms with van der Waals surface area (Å²) in [7, 11) is 0. The van der Waals surface area contributed by atoms with Crippen LogP contribution in [0.3, 0.4) is 0 Å². The lowest BCUT2D eigenvalue weighted by molar-refractivity contribution is -0.167. The van der Waals surface area contributed by atoms with E-state index >= 15 is 0 Å². The van der Waals surface area contributed by atoms with Crippen LogP contribution >= 0.6 is 0 Å². The standard InChI is InChI=1S/C72H118O6/c1-4-7-10-13-16-19-22-24-26-28-30-31-32-33-34-35-36-37-38-39-40-41-43-44-46-48-50-53-56-59-62-65-71(74)77-68-69(67-76-70(73)64-61-58-55-52-21-18-15-12-9-6-3)78-72(75)66-63-60-57-54-51-49-47-45-42-29-27-25-23-20-17-14-11-8-5-2/h7-8,10-12,15-17,19-20,24-27,30-31,33-34,36-37,42,45,69H,4-6,9,13-14,18,21-23,28-29,32,35,38-41,43-44,46-68H2,1-3H3/b10-7-,11-8-,15-12-,19-16-,20-17-,26-24-,27-25-,31-30-,34-33-,37-36-,45-42-. The number of carbonyl (C=O) groups is 3. The molecule has 0 aliphatic rings. The highest BCUT2D eigenvalue weighted by atomic mass is 16.6. The number of esters is 3. The Morgan fingerprint density at radius 1 is 0.269 bits per heavy atom. The molecule has 0 aromatic rings. The van der Waals surface area contributed by atoms with Crippen molar-refractivity contribution in [2.45, 2.75) is 290 Å². The van der Waals surface area contributed by atoms with E-state index in [1.807, 2.05) is 0 Å². The molecule has 0 amide bonds. The molecule has 0 spiro atoms. The predicted octanol–water partition coefficient (Wildman–Crippen LogP) is 22.2. The number of ether oxygens (including phenoxy) is 3. The van der Waals surface area contributed by atoms with Gasteiger partial charge >= 0.3 is 17.9 Å². The van der Waals surface area contributed by atoms with Gasteiger partial charge in [0.15, 0.2) is 6.10 Å². The molecule has 6 nitrogen and oxygen atoms in total. The van der Waals surface area contributed by atoms with Crippen molar-refractivity contribution >= 4 is 17.9 Å². The van der Waals surface area contributed by atoms with Gasteiger partial charge in [-0.05, 0) is 128 Å². The summed E-state index contributed by atoms with van der Waals surface area (Å²) in [5.74, 6) is -0.915. The molecule has 0 heterocycles. The van der Waals surface area contributed by atoms with Gasteiger partial charge in [-0.3, -0.25) is 14.4 Å². The molecule has 0 radical (unpaired) electrons. The molecule has 442 valence electrons. The topological polar surface area (TPSA) is 78.9 Å². The molecule has 6 heteroatoms. The van der Waals surface area contributed by atoms with Gasteiger partial charge < -0.3 is 14.2 Å². The van der Waals surface area contributed by atoms with Crippen molar-refractivity contribution in [1.29, 1.82) is 0 Å². The first-order valence-electron chi connectivity index (χ1n) is 32.2. The summed E-state index contributed by atoms with van der Waals surface area (Å²) >= 11 is 0. The number of unbranched alkanes of at least 4 members (excludes halogenated alkanes) is 24. The number of carbonyl (C=O) groups excluding carboxylic acids is 3. The van der Waals surface area contributed by atoms with Crippen molar-refractivity contribution in [1.82, 2.24) is 0 Å². The van der Waals surface area contributed by atoms with Crippen LogP contribution in [0.5, 0.6) is 0 Å². The second kappa shape index (κ2) is 65.1. The normalized spacial score (nSPS) is 13.0. The van der Waals surface area contributed by atoms with Crippen LogP contribution in [0.15, 0.2) is 134 Å². The van der Waals surface area contributed by atoms with E-state index in [1.54, 1.807) is 0 Å². The monoisotopic (exact) mass is 1080 g/mol. The Labute approximate surface area is 481 Å². The van der Waals surface area contributed by atoms with Crippen LogP contribution in [-0.2, 0) is 28.6 Å². The zero-order valence-corrected chi connectivity index (χ0v) is 50.6. The number of hydrogen-bond acceptors (Lipinski definition) is 6. The van der Waals surface area contributed by atoms with Gasteiger partial charge in [0, 0.05) is 19.3 Å². The van der Waals surface area contributed by atoms with Crippen LogP contribution in [0.1, 0.15) is 284 Å². The lowest BCUT2D eigenvalue weighted by Gasteiger charge is -2.18. The van der Waals surface area contributed by atoms with Gasteiger partial charge in [0.25, 0.3) is 0 Å². The fourth-order valence-corrected chi connectivity index (χ4v) is 8.62. The highest BCUT2D eigenvalue weighted by Gasteiger charge is 2.19. The second-order valence-electron chi connectivity index (χ2n) is 20.9. The van der Waals surface area contributed by atoms with Gasteiger partial charge in [0.1, 0.15) is 13.2 Å². The smallest absolute Gasteiger partial charge is 0.306 e. The SMILES string of the molecule is CC/C=C\C/C=C\C/C=C\C/C=C\C/C=C\C/C=C\CCCCCCCCCCCCCCC(=O)OCC(COC(=O)CCCCCCC/C=C\CCC)OC(=O)CCCCCCCC/C=C\C/C=C\C/C=C\C/C=C\CC. The van der Waals surface area contributed by atoms with Gasteiger partial charge in [0.2, 0.25) is 0 Å². The molecule has 78 heavy (non-hydrogen) atoms. The summed E-state index contributed by atoms with van der Waals surface area (Å²) in [6.45, 7) is 6.34. The number of hydrogen-bond donors (Lipinski definition) is 0. The predicted molar refractivity (Wildman–Crippen MR) is 339 cm³/mol. The van der Waals surface area contributed by atoms with Gasteiger partial charge in [-0.1, -0.05) is 270 Å². The Bertz CT molecular complexity index is 1670. The molecule has 0 aliphatic carbocycles. The molecular weight excluding hydrogens is 961 g/mol. The lowest BCUT2D eigenvalue weighted by atomic mass is 10.0. The molecule has 0 N–H and O–H groups in total. The van der Waals surface area contributed by atoms with E-state index in [2.05, 4.69) is 154 Å². The molecular formula is C72H118O6. The van der Waals surface area contributed by atoms with Crippen molar-refractivity contribution in [3.8, 4) is 0 Å². The minimum atomic E-state index is -0.794. The van der Waals surface area contributed by atoms with Crippen LogP contribution in [0, 0.1) is 0 Å². The van der Waals surface area contributed by atoms with E-state index in [-0.39, 0.29) is 31.1 Å². The van der Waals surface area contributed by atoms with Gasteiger partial charge in [-0.15, -0.1) is 0 Å². The van der Waals surface area contributed by atoms with E-state index in [4.69, 9.17) is 14.2 Å². The first-order chi connectivity index (χ1) is 38.5. The average molecular weight is 1080 g/mol. The summed E-state index contributed by atoms with van der Waals surface area (Å²) in [4.78, 5) is 38.2. The maximum absolute atomic E-state index is 12.9. The summed E-state index contributed by atoms with van der Waals surface area (Å²) < 4.78 is 16.9. The fraction of sp³-hybridized carbons (Fsp3) is 0.653. The van der Waals surface area contributed by atoms with Crippen LogP contribution in [0.2, 0.25) is 0 Å². The largest absolute Gasteiger partial charge is 0.462 e. The van der Waals surface area contributed by atoms with Crippen LogP contribution < -0.4 is 0 Å². The van der Waals surface area contributed by atoms with E-state index in [0.29, 0.717) is 19.3 Å². The second-order valence-corrected chi connectivity index (χ2v) is 20.9. The fourth-order valence-electron chi connectivity index (χ4n) is 8.62. The van der Waals surface area contributed by atoms with Gasteiger partial charge in [0.05, 0.1) is 0 Å². The summed E-state index contributed by atoms with van der Waals surface area (Å²) in [5.41, 5.74) is 0. The summed E-state index contributed by atoms with van der Waals surface area (Å²) in [6, 6.07) is 0. The summed E-state index contributed by atoms with van der Waals surface area (Å²) in [6.07, 6.45) is 91.8. The van der Waals surface area contributed by atoms with Crippen LogP contribution in [0.25, 0.3) is 0 Å². The number of rotatable bonds is 57. The van der Waals surface area contributed by atoms with Crippen molar-refractivity contribution < 1.29 is 28.6 Å². The Morgan fingerprint density at radius 2 is 0.500 bits per heavy atom. The molecule has 0 rings (SSSR count). The Morgan fingerprint density at radius 3 is 0.795 bits per heavy atom. The quantitative estimate of drug-likeness (QED) is 0.0261. The molecule has 0 aromatic carbocycles. The first kappa shape index (κ1) is 73.5. The van der Waals surface area contributed by atoms with Gasteiger partial charge in [-0.2, -0.15) is 0 Å². The molecule has 0 saturated carbocycles. The number of allylic oxidation sites excluding steroid dienone is 22. The Hall–Kier alpha value is -4.45. The van der Waals surface area contributed by atoms with Crippen molar-refractivity contribution in [3.63, 3.8) is 0 Å². The molecule has 0 aliphatic heterocycles. The third-order valence-electron chi connectivity index (χ3n) is 13.4. The summed E-state index contributed by atoms with van der Waals surface area (Å²) in [5, 5.41) is 0. The van der Waals surface area contributed by atoms with E-state index in [0.717, 1.165) is 154 Å². The van der Waals surface area contributed by atoms with E-state index < -0.39 is 6.10 Å². The maximum atomic E-state index is 12.9. The zero-order valence-electron chi connectivity index (χ0n) is 50.6. The van der Waals surface area contributed by atoms with Gasteiger partial charge in [-0.25, -0.2) is 0 Å². The lowest BCUT2D eigenvalue weighted by Crippen LogP contribution is -2.30. The average Bonchev–Trinajstić information content (AvgIpc) is 3.44. The van der Waals surface area contributed by atoms with E-state index in [9.17, 15) is 14.4 Å². The third-order valence-corrected chi connectivity index (χ3v) is 13.4. The molecule has 0 bridgehead atoms. The van der Waals surface area contributed by atoms with Crippen molar-refractivity contribution in [2.24, 2.45) is 0 Å². The zero-order chi connectivity index (χ0) is 56.4. The minimum Gasteiger partial charge on any atom is -0.462 e. The molecule has 0 saturated heterocycles. The minimum absolute atomic E-state index is 0.0900. The Kier molecular flexibility index (Phi) is 61.4. The maximum Gasteiger partial charge on any atom is 0.306 e. The molecule has 1 unspecified atom stereocenters. The van der Waals surface area contributed by atoms with Crippen LogP contribution in [-0.4, -0.2) is 37.2 Å². The van der Waals surface area contributed by atoms with Crippen molar-refractivity contribution in [2.75, 3.05) is 13.2 Å². The Balaban J connectivity index is 4.23. The highest BCUT2D eigenvalue weighted by molar-refractivity contribution is 5.71. The first-order valence-corrected chi connectivity index (χ1v) is 32.2. The molecule has 0 fully saturated rings. The van der Waals surface area contributed by atoms with E-state index in [1.165, 1.54) is 89.9 Å². The van der Waals surface area contributed by atoms with Crippen LogP contribution in [0.4, 0.5) is 0 Å². The van der Waals surface area contributed by atoms with Crippen molar-refractivity contribution in [3.05, 3.63) is 134 Å². The highest BCUT2D eigenvalue weighted by Crippen LogP contribution is 2.16. The molecule has 0 aromatic heterocycles.